The molecule has 0 aliphatic heterocycles. The van der Waals surface area contributed by atoms with Crippen LogP contribution in [0.4, 0.5) is 13.2 Å². The van der Waals surface area contributed by atoms with Gasteiger partial charge in [0.25, 0.3) is 0 Å². The molecule has 1 atom stereocenters. The number of alkyl halides is 3. The third kappa shape index (κ3) is 5.07. The average molecular weight is 291 g/mol. The highest BCUT2D eigenvalue weighted by atomic mass is 32.2. The zero-order chi connectivity index (χ0) is 14.5. The molecule has 0 spiro atoms. The van der Waals surface area contributed by atoms with Gasteiger partial charge in [-0.2, -0.15) is 13.2 Å². The van der Waals surface area contributed by atoms with Crippen molar-refractivity contribution in [3.8, 4) is 0 Å². The van der Waals surface area contributed by atoms with Crippen molar-refractivity contribution < 1.29 is 13.2 Å². The summed E-state index contributed by atoms with van der Waals surface area (Å²) in [6.45, 7) is 3.88. The van der Waals surface area contributed by atoms with Gasteiger partial charge in [-0.1, -0.05) is 19.9 Å². The smallest absolute Gasteiger partial charge is 0.327 e. The third-order valence-electron chi connectivity index (χ3n) is 2.87. The van der Waals surface area contributed by atoms with Crippen LogP contribution >= 0.6 is 11.8 Å². The van der Waals surface area contributed by atoms with Gasteiger partial charge < -0.3 is 5.73 Å². The summed E-state index contributed by atoms with van der Waals surface area (Å²) in [5.74, 6) is 0.825. The van der Waals surface area contributed by atoms with Crippen molar-refractivity contribution in [1.29, 1.82) is 0 Å². The average Bonchev–Trinajstić information content (AvgIpc) is 2.36. The first-order chi connectivity index (χ1) is 8.88. The highest BCUT2D eigenvalue weighted by Gasteiger charge is 2.33. The molecule has 1 unspecified atom stereocenters. The maximum Gasteiger partial charge on any atom is 0.416 e. The minimum absolute atomic E-state index is 0.227. The summed E-state index contributed by atoms with van der Waals surface area (Å²) in [5, 5.41) is 0. The van der Waals surface area contributed by atoms with Gasteiger partial charge in [0.1, 0.15) is 0 Å². The fourth-order valence-electron chi connectivity index (χ4n) is 1.73. The molecule has 5 heteroatoms. The first kappa shape index (κ1) is 16.4. The Labute approximate surface area is 116 Å². The Morgan fingerprint density at radius 3 is 2.47 bits per heavy atom. The molecular weight excluding hydrogens is 271 g/mol. The van der Waals surface area contributed by atoms with Gasteiger partial charge in [-0.3, -0.25) is 0 Å². The van der Waals surface area contributed by atoms with E-state index in [9.17, 15) is 13.2 Å². The summed E-state index contributed by atoms with van der Waals surface area (Å²) in [7, 11) is 0. The molecule has 1 rings (SSSR count). The van der Waals surface area contributed by atoms with E-state index in [-0.39, 0.29) is 12.5 Å². The molecule has 2 N–H and O–H groups in total. The Balaban J connectivity index is 3.03. The van der Waals surface area contributed by atoms with Gasteiger partial charge in [0.2, 0.25) is 0 Å². The van der Waals surface area contributed by atoms with E-state index < -0.39 is 11.7 Å². The molecule has 0 amide bonds. The van der Waals surface area contributed by atoms with Crippen LogP contribution in [0.1, 0.15) is 37.8 Å². The van der Waals surface area contributed by atoms with Crippen molar-refractivity contribution in [2.75, 3.05) is 5.75 Å². The summed E-state index contributed by atoms with van der Waals surface area (Å²) >= 11 is 1.45. The molecule has 0 aromatic heterocycles. The predicted octanol–water partition coefficient (Wildman–Crippen LogP) is 4.49. The second-order valence-corrected chi connectivity index (χ2v) is 5.71. The lowest BCUT2D eigenvalue weighted by molar-refractivity contribution is -0.138. The summed E-state index contributed by atoms with van der Waals surface area (Å²) in [6, 6.07) is 4.34. The Bertz CT molecular complexity index is 404. The molecule has 0 saturated heterocycles. The summed E-state index contributed by atoms with van der Waals surface area (Å²) < 4.78 is 39.2. The first-order valence-corrected chi connectivity index (χ1v) is 7.45. The van der Waals surface area contributed by atoms with Crippen molar-refractivity contribution in [1.82, 2.24) is 0 Å². The molecule has 0 radical (unpaired) electrons. The molecule has 1 aromatic rings. The second kappa shape index (κ2) is 7.20. The molecule has 0 bridgehead atoms. The Morgan fingerprint density at radius 2 is 1.95 bits per heavy atom. The quantitative estimate of drug-likeness (QED) is 0.782. The normalized spacial score (nSPS) is 13.6. The molecular formula is C14H20F3NS. The summed E-state index contributed by atoms with van der Waals surface area (Å²) in [4.78, 5) is 0.669. The van der Waals surface area contributed by atoms with Gasteiger partial charge in [0.05, 0.1) is 5.56 Å². The van der Waals surface area contributed by atoms with Crippen molar-refractivity contribution in [2.24, 2.45) is 5.73 Å². The maximum absolute atomic E-state index is 13.1. The van der Waals surface area contributed by atoms with Crippen molar-refractivity contribution in [3.05, 3.63) is 29.3 Å². The van der Waals surface area contributed by atoms with E-state index in [0.29, 0.717) is 16.9 Å². The zero-order valence-electron chi connectivity index (χ0n) is 11.3. The molecule has 1 nitrogen and oxygen atoms in total. The fourth-order valence-corrected chi connectivity index (χ4v) is 2.54. The number of thioether (sulfide) groups is 1. The molecule has 0 aliphatic rings. The lowest BCUT2D eigenvalue weighted by Crippen LogP contribution is -2.23. The lowest BCUT2D eigenvalue weighted by atomic mass is 9.99. The SMILES string of the molecule is CCCSc1ccc(CC(N)CC)c(C(F)(F)F)c1. The monoisotopic (exact) mass is 291 g/mol. The standard InChI is InChI=1S/C14H20F3NS/c1-3-7-19-12-6-5-10(8-11(18)4-2)13(9-12)14(15,16)17/h5-6,9,11H,3-4,7-8,18H2,1-2H3. The number of halogens is 3. The fraction of sp³-hybridized carbons (Fsp3) is 0.571. The number of hydrogen-bond donors (Lipinski definition) is 1. The highest BCUT2D eigenvalue weighted by molar-refractivity contribution is 7.99. The third-order valence-corrected chi connectivity index (χ3v) is 4.07. The van der Waals surface area contributed by atoms with Crippen LogP contribution in [0.5, 0.6) is 0 Å². The number of nitrogens with two attached hydrogens (primary N) is 1. The van der Waals surface area contributed by atoms with Gasteiger partial charge in [-0.15, -0.1) is 11.8 Å². The molecule has 0 heterocycles. The van der Waals surface area contributed by atoms with Gasteiger partial charge in [0.15, 0.2) is 0 Å². The zero-order valence-corrected chi connectivity index (χ0v) is 12.1. The van der Waals surface area contributed by atoms with Crippen molar-refractivity contribution in [3.63, 3.8) is 0 Å². The van der Waals surface area contributed by atoms with Gasteiger partial charge >= 0.3 is 6.18 Å². The van der Waals surface area contributed by atoms with E-state index in [2.05, 4.69) is 0 Å². The maximum atomic E-state index is 13.1. The van der Waals surface area contributed by atoms with E-state index in [0.717, 1.165) is 12.2 Å². The topological polar surface area (TPSA) is 26.0 Å². The van der Waals surface area contributed by atoms with Crippen LogP contribution in [0, 0.1) is 0 Å². The molecule has 19 heavy (non-hydrogen) atoms. The highest BCUT2D eigenvalue weighted by Crippen LogP contribution is 2.35. The van der Waals surface area contributed by atoms with Gasteiger partial charge in [-0.25, -0.2) is 0 Å². The van der Waals surface area contributed by atoms with Crippen LogP contribution in [0.15, 0.2) is 23.1 Å². The Kier molecular flexibility index (Phi) is 6.20. The van der Waals surface area contributed by atoms with Crippen molar-refractivity contribution >= 4 is 11.8 Å². The van der Waals surface area contributed by atoms with E-state index in [1.165, 1.54) is 17.8 Å². The number of hydrogen-bond acceptors (Lipinski definition) is 2. The van der Waals surface area contributed by atoms with Crippen LogP contribution in [0.2, 0.25) is 0 Å². The summed E-state index contributed by atoms with van der Waals surface area (Å²) in [5.41, 5.74) is 5.51. The number of rotatable bonds is 6. The molecule has 108 valence electrons. The minimum atomic E-state index is -4.31. The first-order valence-electron chi connectivity index (χ1n) is 6.47. The van der Waals surface area contributed by atoms with Crippen LogP contribution < -0.4 is 5.73 Å². The molecule has 0 aliphatic carbocycles. The molecule has 1 aromatic carbocycles. The Hall–Kier alpha value is -0.680. The lowest BCUT2D eigenvalue weighted by Gasteiger charge is -2.16. The summed E-state index contributed by atoms with van der Waals surface area (Å²) in [6.07, 6.45) is -2.44. The largest absolute Gasteiger partial charge is 0.416 e. The van der Waals surface area contributed by atoms with Crippen LogP contribution in [0.25, 0.3) is 0 Å². The van der Waals surface area contributed by atoms with Crippen molar-refractivity contribution in [2.45, 2.75) is 50.2 Å². The second-order valence-electron chi connectivity index (χ2n) is 4.54. The van der Waals surface area contributed by atoms with Gasteiger partial charge in [0, 0.05) is 10.9 Å². The number of benzene rings is 1. The van der Waals surface area contributed by atoms with Gasteiger partial charge in [-0.05, 0) is 42.7 Å². The van der Waals surface area contributed by atoms with E-state index in [4.69, 9.17) is 5.73 Å². The van der Waals surface area contributed by atoms with E-state index in [1.807, 2.05) is 13.8 Å². The molecule has 0 saturated carbocycles. The van der Waals surface area contributed by atoms with E-state index >= 15 is 0 Å². The molecule has 0 fully saturated rings. The predicted molar refractivity (Wildman–Crippen MR) is 74.4 cm³/mol. The Morgan fingerprint density at radius 1 is 1.26 bits per heavy atom. The van der Waals surface area contributed by atoms with Crippen LogP contribution in [-0.2, 0) is 12.6 Å². The van der Waals surface area contributed by atoms with Crippen LogP contribution in [0.3, 0.4) is 0 Å². The van der Waals surface area contributed by atoms with E-state index in [1.54, 1.807) is 12.1 Å². The minimum Gasteiger partial charge on any atom is -0.327 e. The van der Waals surface area contributed by atoms with Crippen LogP contribution in [-0.4, -0.2) is 11.8 Å².